The van der Waals surface area contributed by atoms with E-state index in [1.165, 1.54) is 11.1 Å². The summed E-state index contributed by atoms with van der Waals surface area (Å²) in [5, 5.41) is 20.6. The van der Waals surface area contributed by atoms with E-state index < -0.39 is 6.10 Å². The minimum absolute atomic E-state index is 0.160. The van der Waals surface area contributed by atoms with Gasteiger partial charge in [0.15, 0.2) is 11.5 Å². The second kappa shape index (κ2) is 3.62. The topological polar surface area (TPSA) is 52.9 Å². The molecule has 0 amide bonds. The molecule has 1 spiro atoms. The van der Waals surface area contributed by atoms with E-state index in [2.05, 4.69) is 18.0 Å². The van der Waals surface area contributed by atoms with Gasteiger partial charge < -0.3 is 19.8 Å². The van der Waals surface area contributed by atoms with Crippen LogP contribution in [0.5, 0.6) is 11.5 Å². The Labute approximate surface area is 123 Å². The third-order valence-electron chi connectivity index (χ3n) is 6.15. The molecule has 4 nitrogen and oxygen atoms in total. The number of aliphatic hydroxyl groups is 1. The lowest BCUT2D eigenvalue weighted by Gasteiger charge is -2.56. The van der Waals surface area contributed by atoms with Crippen molar-refractivity contribution < 1.29 is 14.9 Å². The molecule has 2 aliphatic carbocycles. The van der Waals surface area contributed by atoms with Crippen molar-refractivity contribution in [3.63, 3.8) is 0 Å². The lowest BCUT2D eigenvalue weighted by atomic mass is 9.53. The summed E-state index contributed by atoms with van der Waals surface area (Å²) in [6, 6.07) is 4.23. The Kier molecular flexibility index (Phi) is 2.08. The lowest BCUT2D eigenvalue weighted by molar-refractivity contribution is -0.0453. The van der Waals surface area contributed by atoms with Crippen LogP contribution >= 0.6 is 0 Å². The average molecular weight is 285 g/mol. The van der Waals surface area contributed by atoms with E-state index in [0.717, 1.165) is 19.4 Å². The maximum Gasteiger partial charge on any atom is 0.165 e. The minimum atomic E-state index is -0.594. The van der Waals surface area contributed by atoms with Gasteiger partial charge in [-0.25, -0.2) is 0 Å². The molecule has 0 saturated carbocycles. The highest BCUT2D eigenvalue weighted by atomic mass is 16.5. The number of likely N-dealkylation sites (N-methyl/N-ethyl adjacent to an activating group) is 1. The molecule has 1 fully saturated rings. The van der Waals surface area contributed by atoms with Gasteiger partial charge in [-0.3, -0.25) is 0 Å². The number of rotatable bonds is 0. The molecule has 5 atom stereocenters. The van der Waals surface area contributed by atoms with Crippen molar-refractivity contribution in [3.8, 4) is 11.5 Å². The molecule has 1 unspecified atom stereocenters. The van der Waals surface area contributed by atoms with Crippen molar-refractivity contribution in [2.75, 3.05) is 13.6 Å². The van der Waals surface area contributed by atoms with Gasteiger partial charge in [-0.05, 0) is 38.1 Å². The van der Waals surface area contributed by atoms with Crippen molar-refractivity contribution in [2.45, 2.75) is 36.5 Å². The molecule has 4 heteroatoms. The Morgan fingerprint density at radius 1 is 1.33 bits per heavy atom. The van der Waals surface area contributed by atoms with Gasteiger partial charge in [0.2, 0.25) is 0 Å². The van der Waals surface area contributed by atoms with E-state index in [4.69, 9.17) is 4.74 Å². The second-order valence-corrected chi connectivity index (χ2v) is 6.93. The smallest absolute Gasteiger partial charge is 0.165 e. The van der Waals surface area contributed by atoms with Gasteiger partial charge in [-0.2, -0.15) is 0 Å². The van der Waals surface area contributed by atoms with Crippen LogP contribution in [0.3, 0.4) is 0 Å². The second-order valence-electron chi connectivity index (χ2n) is 6.93. The van der Waals surface area contributed by atoms with E-state index in [1.54, 1.807) is 6.07 Å². The molecule has 2 aliphatic heterocycles. The van der Waals surface area contributed by atoms with Crippen LogP contribution in [0.4, 0.5) is 0 Å². The van der Waals surface area contributed by atoms with Crippen LogP contribution in [-0.4, -0.2) is 47.0 Å². The van der Waals surface area contributed by atoms with Crippen LogP contribution in [0.1, 0.15) is 17.5 Å². The summed E-state index contributed by atoms with van der Waals surface area (Å²) in [6.45, 7) is 1.01. The fourth-order valence-corrected chi connectivity index (χ4v) is 5.24. The normalized spacial score (nSPS) is 42.6. The van der Waals surface area contributed by atoms with E-state index in [-0.39, 0.29) is 17.3 Å². The highest BCUT2D eigenvalue weighted by molar-refractivity contribution is 5.61. The predicted molar refractivity (Wildman–Crippen MR) is 77.6 cm³/mol. The molecule has 1 aromatic rings. The number of likely N-dealkylation sites (tertiary alicyclic amines) is 1. The van der Waals surface area contributed by atoms with Gasteiger partial charge >= 0.3 is 0 Å². The number of phenolic OH excluding ortho intramolecular Hbond substituents is 1. The number of hydrogen-bond donors (Lipinski definition) is 2. The van der Waals surface area contributed by atoms with Crippen molar-refractivity contribution >= 4 is 0 Å². The summed E-state index contributed by atoms with van der Waals surface area (Å²) >= 11 is 0. The first-order chi connectivity index (χ1) is 10.1. The number of hydrogen-bond acceptors (Lipinski definition) is 4. The van der Waals surface area contributed by atoms with Crippen LogP contribution in [0, 0.1) is 5.92 Å². The zero-order valence-electron chi connectivity index (χ0n) is 12.0. The van der Waals surface area contributed by atoms with Gasteiger partial charge in [0, 0.05) is 22.9 Å². The summed E-state index contributed by atoms with van der Waals surface area (Å²) in [5.41, 5.74) is 2.29. The number of phenols is 1. The molecule has 4 aliphatic rings. The zero-order chi connectivity index (χ0) is 14.4. The van der Waals surface area contributed by atoms with Gasteiger partial charge in [-0.15, -0.1) is 0 Å². The Hall–Kier alpha value is -1.52. The molecule has 1 aromatic carbocycles. The summed E-state index contributed by atoms with van der Waals surface area (Å²) in [6.07, 6.45) is 5.18. The van der Waals surface area contributed by atoms with Crippen LogP contribution in [-0.2, 0) is 11.8 Å². The monoisotopic (exact) mass is 285 g/mol. The molecule has 0 radical (unpaired) electrons. The quantitative estimate of drug-likeness (QED) is 0.703. The average Bonchev–Trinajstić information content (AvgIpc) is 2.83. The fourth-order valence-electron chi connectivity index (χ4n) is 5.24. The summed E-state index contributed by atoms with van der Waals surface area (Å²) in [4.78, 5) is 2.43. The van der Waals surface area contributed by atoms with Crippen molar-refractivity contribution in [2.24, 2.45) is 5.92 Å². The molecule has 0 aromatic heterocycles. The van der Waals surface area contributed by atoms with E-state index in [1.807, 2.05) is 12.1 Å². The summed E-state index contributed by atoms with van der Waals surface area (Å²) in [5.74, 6) is 1.19. The summed E-state index contributed by atoms with van der Waals surface area (Å²) in [7, 11) is 2.19. The molecular weight excluding hydrogens is 266 g/mol. The van der Waals surface area contributed by atoms with Crippen LogP contribution < -0.4 is 4.74 Å². The van der Waals surface area contributed by atoms with Crippen molar-refractivity contribution in [1.29, 1.82) is 0 Å². The van der Waals surface area contributed by atoms with Gasteiger partial charge in [0.25, 0.3) is 0 Å². The van der Waals surface area contributed by atoms with E-state index in [0.29, 0.717) is 17.7 Å². The lowest BCUT2D eigenvalue weighted by Crippen LogP contribution is -2.64. The fraction of sp³-hybridized carbons (Fsp3) is 0.529. The molecule has 2 bridgehead atoms. The number of aromatic hydroxyl groups is 1. The third kappa shape index (κ3) is 1.21. The van der Waals surface area contributed by atoms with E-state index >= 15 is 0 Å². The van der Waals surface area contributed by atoms with Crippen molar-refractivity contribution in [1.82, 2.24) is 4.90 Å². The number of aliphatic hydroxyl groups excluding tert-OH is 1. The van der Waals surface area contributed by atoms with Crippen molar-refractivity contribution in [3.05, 3.63) is 35.4 Å². The Balaban J connectivity index is 1.84. The predicted octanol–water partition coefficient (Wildman–Crippen LogP) is 1.20. The Morgan fingerprint density at radius 3 is 3.05 bits per heavy atom. The molecule has 5 rings (SSSR count). The number of benzene rings is 1. The number of piperidine rings is 1. The molecular formula is C17H19NO3. The van der Waals surface area contributed by atoms with Gasteiger partial charge in [-0.1, -0.05) is 18.2 Å². The van der Waals surface area contributed by atoms with Crippen LogP contribution in [0.2, 0.25) is 0 Å². The first-order valence-corrected chi connectivity index (χ1v) is 7.71. The van der Waals surface area contributed by atoms with Crippen LogP contribution in [0.25, 0.3) is 0 Å². The highest BCUT2D eigenvalue weighted by Gasteiger charge is 2.64. The largest absolute Gasteiger partial charge is 0.504 e. The molecule has 2 N–H and O–H groups in total. The number of ether oxygens (including phenoxy) is 1. The maximum atomic E-state index is 10.4. The van der Waals surface area contributed by atoms with Gasteiger partial charge in [0.1, 0.15) is 12.2 Å². The molecule has 110 valence electrons. The highest BCUT2D eigenvalue weighted by Crippen LogP contribution is 2.62. The minimum Gasteiger partial charge on any atom is -0.504 e. The molecule has 21 heavy (non-hydrogen) atoms. The SMILES string of the molecule is CN1CC[C@]23c4c5ccc(O)c4O[C@H]2[C@H](O)C=CC3[C@H]1C5. The summed E-state index contributed by atoms with van der Waals surface area (Å²) < 4.78 is 6.09. The third-order valence-corrected chi connectivity index (χ3v) is 6.15. The first-order valence-electron chi connectivity index (χ1n) is 7.71. The number of nitrogens with zero attached hydrogens (tertiary/aromatic N) is 1. The molecule has 2 heterocycles. The van der Waals surface area contributed by atoms with E-state index in [9.17, 15) is 10.2 Å². The standard InChI is InChI=1S/C17H19NO3/c1-18-7-6-17-10-3-5-13(20)16(17)21-15-12(19)4-2-9(14(15)17)8-11(10)18/h2-5,10-11,13,16,19-20H,6-8H2,1H3/t10?,11-,13-,16+,17+/m1/s1. The molecule has 1 saturated heterocycles. The Bertz CT molecular complexity index is 670. The van der Waals surface area contributed by atoms with Crippen LogP contribution in [0.15, 0.2) is 24.3 Å². The maximum absolute atomic E-state index is 10.4. The zero-order valence-corrected chi connectivity index (χ0v) is 12.0. The Morgan fingerprint density at radius 2 is 2.19 bits per heavy atom. The van der Waals surface area contributed by atoms with Gasteiger partial charge in [0.05, 0.1) is 0 Å². The first kappa shape index (κ1) is 12.1.